The van der Waals surface area contributed by atoms with Crippen molar-refractivity contribution in [3.63, 3.8) is 0 Å². The molecule has 0 fully saturated rings. The number of amides is 1. The average molecular weight is 313 g/mol. The molecule has 1 unspecified atom stereocenters. The summed E-state index contributed by atoms with van der Waals surface area (Å²) in [6.45, 7) is 0.479. The zero-order valence-electron chi connectivity index (χ0n) is 11.8. The van der Waals surface area contributed by atoms with Gasteiger partial charge >= 0.3 is 0 Å². The first kappa shape index (κ1) is 14.3. The van der Waals surface area contributed by atoms with Crippen LogP contribution in [0.15, 0.2) is 64.4 Å². The van der Waals surface area contributed by atoms with E-state index >= 15 is 0 Å². The molecule has 1 amide bonds. The Labute approximate surface area is 131 Å². The van der Waals surface area contributed by atoms with Crippen molar-refractivity contribution in [3.05, 3.63) is 71.1 Å². The smallest absolute Gasteiger partial charge is 0.244 e. The van der Waals surface area contributed by atoms with E-state index in [-0.39, 0.29) is 11.9 Å². The van der Waals surface area contributed by atoms with Crippen LogP contribution in [0.3, 0.4) is 0 Å². The number of furan rings is 1. The van der Waals surface area contributed by atoms with Gasteiger partial charge in [0.25, 0.3) is 0 Å². The summed E-state index contributed by atoms with van der Waals surface area (Å²) in [6, 6.07) is 5.71. The fourth-order valence-electron chi connectivity index (χ4n) is 2.09. The molecule has 0 saturated heterocycles. The second-order valence-corrected chi connectivity index (χ2v) is 5.47. The van der Waals surface area contributed by atoms with Crippen LogP contribution in [0.2, 0.25) is 0 Å². The lowest BCUT2D eigenvalue weighted by atomic mass is 10.1. The minimum atomic E-state index is -0.145. The molecule has 0 aromatic carbocycles. The molecule has 0 aliphatic rings. The zero-order valence-corrected chi connectivity index (χ0v) is 12.6. The molecule has 0 aliphatic heterocycles. The van der Waals surface area contributed by atoms with Gasteiger partial charge in [0.1, 0.15) is 0 Å². The van der Waals surface area contributed by atoms with E-state index in [1.807, 2.05) is 28.4 Å². The molecule has 6 heteroatoms. The Kier molecular flexibility index (Phi) is 4.50. The van der Waals surface area contributed by atoms with Crippen LogP contribution in [0.1, 0.15) is 17.2 Å². The first-order chi connectivity index (χ1) is 10.8. The normalized spacial score (nSPS) is 12.5. The van der Waals surface area contributed by atoms with E-state index in [1.165, 1.54) is 6.08 Å². The highest BCUT2D eigenvalue weighted by molar-refractivity contribution is 7.07. The number of carbonyl (C=O) groups excluding carboxylic acids is 1. The number of nitrogens with one attached hydrogen (secondary N) is 1. The Bertz CT molecular complexity index is 681. The van der Waals surface area contributed by atoms with Gasteiger partial charge in [0.2, 0.25) is 5.91 Å². The van der Waals surface area contributed by atoms with Gasteiger partial charge in [0.05, 0.1) is 18.6 Å². The Morgan fingerprint density at radius 2 is 2.45 bits per heavy atom. The summed E-state index contributed by atoms with van der Waals surface area (Å²) in [5.74, 6) is -0.145. The van der Waals surface area contributed by atoms with Crippen molar-refractivity contribution in [2.24, 2.45) is 0 Å². The number of carbonyl (C=O) groups is 1. The van der Waals surface area contributed by atoms with Crippen molar-refractivity contribution < 1.29 is 9.21 Å². The lowest BCUT2D eigenvalue weighted by molar-refractivity contribution is -0.116. The molecule has 0 radical (unpaired) electrons. The van der Waals surface area contributed by atoms with Gasteiger partial charge in [0, 0.05) is 30.6 Å². The van der Waals surface area contributed by atoms with Gasteiger partial charge in [-0.15, -0.1) is 0 Å². The maximum absolute atomic E-state index is 11.9. The topological polar surface area (TPSA) is 60.1 Å². The molecule has 1 N–H and O–H groups in total. The van der Waals surface area contributed by atoms with Crippen LogP contribution in [-0.4, -0.2) is 22.2 Å². The molecule has 0 spiro atoms. The summed E-state index contributed by atoms with van der Waals surface area (Å²) in [4.78, 5) is 11.9. The van der Waals surface area contributed by atoms with Gasteiger partial charge in [0.15, 0.2) is 0 Å². The van der Waals surface area contributed by atoms with Crippen LogP contribution < -0.4 is 5.32 Å². The summed E-state index contributed by atoms with van der Waals surface area (Å²) >= 11 is 1.63. The number of hydrogen-bond acceptors (Lipinski definition) is 4. The second kappa shape index (κ2) is 6.91. The van der Waals surface area contributed by atoms with Crippen molar-refractivity contribution in [1.82, 2.24) is 15.1 Å². The minimum absolute atomic E-state index is 0.00692. The molecule has 5 nitrogen and oxygen atoms in total. The first-order valence-corrected chi connectivity index (χ1v) is 7.76. The van der Waals surface area contributed by atoms with Crippen LogP contribution in [0.4, 0.5) is 0 Å². The van der Waals surface area contributed by atoms with Gasteiger partial charge in [-0.05, 0) is 40.6 Å². The van der Waals surface area contributed by atoms with Crippen molar-refractivity contribution in [2.45, 2.75) is 6.04 Å². The lowest BCUT2D eigenvalue weighted by Gasteiger charge is -2.16. The molecule has 0 saturated carbocycles. The molecule has 3 rings (SSSR count). The summed E-state index contributed by atoms with van der Waals surface area (Å²) in [5, 5.41) is 11.3. The highest BCUT2D eigenvalue weighted by atomic mass is 32.1. The second-order valence-electron chi connectivity index (χ2n) is 4.69. The summed E-state index contributed by atoms with van der Waals surface area (Å²) < 4.78 is 6.80. The molecular weight excluding hydrogens is 298 g/mol. The maximum atomic E-state index is 11.9. The number of nitrogens with zero attached hydrogens (tertiary/aromatic N) is 2. The van der Waals surface area contributed by atoms with Crippen LogP contribution in [-0.2, 0) is 4.79 Å². The summed E-state index contributed by atoms with van der Waals surface area (Å²) in [6.07, 6.45) is 10.0. The third kappa shape index (κ3) is 3.53. The Morgan fingerprint density at radius 1 is 1.50 bits per heavy atom. The number of rotatable bonds is 6. The Balaban J connectivity index is 1.63. The van der Waals surface area contributed by atoms with Crippen molar-refractivity contribution in [2.75, 3.05) is 6.54 Å². The molecular formula is C16H15N3O2S. The monoisotopic (exact) mass is 313 g/mol. The minimum Gasteiger partial charge on any atom is -0.472 e. The van der Waals surface area contributed by atoms with Crippen LogP contribution >= 0.6 is 11.3 Å². The zero-order chi connectivity index (χ0) is 15.2. The van der Waals surface area contributed by atoms with Crippen LogP contribution in [0.5, 0.6) is 0 Å². The molecule has 0 bridgehead atoms. The molecule has 3 aromatic heterocycles. The highest BCUT2D eigenvalue weighted by Gasteiger charge is 2.15. The largest absolute Gasteiger partial charge is 0.472 e. The van der Waals surface area contributed by atoms with Crippen molar-refractivity contribution in [3.8, 4) is 0 Å². The fraction of sp³-hybridized carbons (Fsp3) is 0.125. The third-order valence-corrected chi connectivity index (χ3v) is 3.91. The van der Waals surface area contributed by atoms with Gasteiger partial charge in [-0.2, -0.15) is 16.4 Å². The SMILES string of the molecule is O=C(/C=C/c1ccoc1)NCC(c1ccsc1)n1cccn1. The Morgan fingerprint density at radius 3 is 3.14 bits per heavy atom. The van der Waals surface area contributed by atoms with E-state index in [9.17, 15) is 4.79 Å². The van der Waals surface area contributed by atoms with Crippen LogP contribution in [0.25, 0.3) is 6.08 Å². The number of aromatic nitrogens is 2. The molecule has 1 atom stereocenters. The molecule has 0 aliphatic carbocycles. The Hall–Kier alpha value is -2.60. The molecule has 3 heterocycles. The number of hydrogen-bond donors (Lipinski definition) is 1. The van der Waals surface area contributed by atoms with E-state index in [2.05, 4.69) is 15.8 Å². The lowest BCUT2D eigenvalue weighted by Crippen LogP contribution is -2.30. The molecule has 112 valence electrons. The molecule has 3 aromatic rings. The van der Waals surface area contributed by atoms with Gasteiger partial charge in [-0.3, -0.25) is 9.48 Å². The van der Waals surface area contributed by atoms with Gasteiger partial charge in [-0.25, -0.2) is 0 Å². The maximum Gasteiger partial charge on any atom is 0.244 e. The van der Waals surface area contributed by atoms with E-state index in [0.29, 0.717) is 6.54 Å². The standard InChI is InChI=1S/C16H15N3O2S/c20-16(3-2-13-4-8-21-11-13)17-10-15(14-5-9-22-12-14)19-7-1-6-18-19/h1-9,11-12,15H,10H2,(H,17,20)/b3-2+. The summed E-state index contributed by atoms with van der Waals surface area (Å²) in [5.41, 5.74) is 1.99. The van der Waals surface area contributed by atoms with E-state index in [0.717, 1.165) is 11.1 Å². The van der Waals surface area contributed by atoms with Crippen molar-refractivity contribution in [1.29, 1.82) is 0 Å². The number of thiophene rings is 1. The first-order valence-electron chi connectivity index (χ1n) is 6.82. The van der Waals surface area contributed by atoms with Gasteiger partial charge < -0.3 is 9.73 Å². The van der Waals surface area contributed by atoms with E-state index in [1.54, 1.807) is 42.2 Å². The predicted octanol–water partition coefficient (Wildman–Crippen LogP) is 2.96. The fourth-order valence-corrected chi connectivity index (χ4v) is 2.80. The third-order valence-electron chi connectivity index (χ3n) is 3.21. The highest BCUT2D eigenvalue weighted by Crippen LogP contribution is 2.19. The predicted molar refractivity (Wildman–Crippen MR) is 85.4 cm³/mol. The average Bonchev–Trinajstić information content (AvgIpc) is 3.27. The quantitative estimate of drug-likeness (QED) is 0.712. The molecule has 22 heavy (non-hydrogen) atoms. The summed E-state index contributed by atoms with van der Waals surface area (Å²) in [7, 11) is 0. The van der Waals surface area contributed by atoms with Gasteiger partial charge in [-0.1, -0.05) is 0 Å². The van der Waals surface area contributed by atoms with E-state index in [4.69, 9.17) is 4.42 Å². The van der Waals surface area contributed by atoms with E-state index < -0.39 is 0 Å². The van der Waals surface area contributed by atoms with Crippen LogP contribution in [0, 0.1) is 0 Å². The van der Waals surface area contributed by atoms with Crippen molar-refractivity contribution >= 4 is 23.3 Å².